The summed E-state index contributed by atoms with van der Waals surface area (Å²) in [6.45, 7) is 0. The Hall–Kier alpha value is -3.66. The Kier molecular flexibility index (Phi) is 6.66. The lowest BCUT2D eigenvalue weighted by molar-refractivity contribution is -0.120. The Balaban J connectivity index is 1.38. The minimum absolute atomic E-state index is 0.0669. The van der Waals surface area contributed by atoms with Gasteiger partial charge in [0.25, 0.3) is 0 Å². The van der Waals surface area contributed by atoms with Crippen LogP contribution in [0.5, 0.6) is 0 Å². The van der Waals surface area contributed by atoms with Gasteiger partial charge in [0.05, 0.1) is 27.6 Å². The van der Waals surface area contributed by atoms with E-state index in [-0.39, 0.29) is 29.5 Å². The molecule has 2 aromatic carbocycles. The van der Waals surface area contributed by atoms with Crippen LogP contribution in [0.1, 0.15) is 24.3 Å². The van der Waals surface area contributed by atoms with Gasteiger partial charge in [0.15, 0.2) is 11.8 Å². The molecule has 0 unspecified atom stereocenters. The lowest BCUT2D eigenvalue weighted by Gasteiger charge is -2.10. The van der Waals surface area contributed by atoms with Crippen molar-refractivity contribution in [3.05, 3.63) is 47.5 Å². The third-order valence-electron chi connectivity index (χ3n) is 5.42. The Morgan fingerprint density at radius 2 is 1.86 bits per heavy atom. The molecule has 10 nitrogen and oxygen atoms in total. The summed E-state index contributed by atoms with van der Waals surface area (Å²) in [7, 11) is -2.14. The van der Waals surface area contributed by atoms with Gasteiger partial charge in [-0.05, 0) is 55.3 Å². The average molecular weight is 511 g/mol. The van der Waals surface area contributed by atoms with Crippen molar-refractivity contribution in [2.24, 2.45) is 0 Å². The van der Waals surface area contributed by atoms with Gasteiger partial charge >= 0.3 is 0 Å². The highest BCUT2D eigenvalue weighted by molar-refractivity contribution is 7.89. The predicted molar refractivity (Wildman–Crippen MR) is 132 cm³/mol. The van der Waals surface area contributed by atoms with Crippen molar-refractivity contribution in [1.29, 1.82) is 16.1 Å². The van der Waals surface area contributed by atoms with Gasteiger partial charge in [0, 0.05) is 0 Å². The number of thiazole rings is 1. The molecule has 180 valence electrons. The number of nitrogens with one attached hydrogen (secondary N) is 4. The molecule has 1 amide bonds. The van der Waals surface area contributed by atoms with E-state index in [4.69, 9.17) is 20.8 Å². The smallest absolute Gasteiger partial charge is 0.240 e. The summed E-state index contributed by atoms with van der Waals surface area (Å²) in [5, 5.41) is 28.1. The van der Waals surface area contributed by atoms with Crippen LogP contribution in [0.15, 0.2) is 47.4 Å². The molecule has 4 rings (SSSR count). The number of benzene rings is 2. The van der Waals surface area contributed by atoms with E-state index in [2.05, 4.69) is 15.0 Å². The summed E-state index contributed by atoms with van der Waals surface area (Å²) in [6.07, 6.45) is 0.922. The number of carbonyl (C=O) groups is 1. The van der Waals surface area contributed by atoms with Gasteiger partial charge in [0.2, 0.25) is 15.9 Å². The van der Waals surface area contributed by atoms with Crippen molar-refractivity contribution in [3.63, 3.8) is 0 Å². The first kappa shape index (κ1) is 24.5. The first-order valence-electron chi connectivity index (χ1n) is 10.6. The van der Waals surface area contributed by atoms with Gasteiger partial charge in [-0.3, -0.25) is 15.6 Å². The molecule has 12 heteroatoms. The lowest BCUT2D eigenvalue weighted by atomic mass is 10.1. The maximum absolute atomic E-state index is 12.0. The van der Waals surface area contributed by atoms with Crippen molar-refractivity contribution >= 4 is 49.3 Å². The highest BCUT2D eigenvalue weighted by Gasteiger charge is 2.44. The molecule has 1 aromatic heterocycles. The maximum Gasteiger partial charge on any atom is 0.240 e. The number of nitriles is 1. The number of nitrogens with zero attached hydrogens (tertiary/aromatic N) is 2. The molecule has 0 saturated heterocycles. The number of carbonyl (C=O) groups excluding carboxylic acids is 1. The fourth-order valence-electron chi connectivity index (χ4n) is 3.38. The first-order valence-corrected chi connectivity index (χ1v) is 12.9. The molecule has 0 spiro atoms. The second-order valence-electron chi connectivity index (χ2n) is 8.07. The second kappa shape index (κ2) is 9.53. The number of ether oxygens (including phenoxy) is 1. The molecule has 0 aliphatic heterocycles. The van der Waals surface area contributed by atoms with Crippen molar-refractivity contribution < 1.29 is 17.9 Å². The van der Waals surface area contributed by atoms with E-state index in [1.165, 1.54) is 18.4 Å². The highest BCUT2D eigenvalue weighted by atomic mass is 32.2. The molecule has 1 fully saturated rings. The average Bonchev–Trinajstić information content (AvgIpc) is 3.47. The van der Waals surface area contributed by atoms with E-state index < -0.39 is 21.5 Å². The molecule has 4 N–H and O–H groups in total. The molecule has 1 aliphatic rings. The molecular weight excluding hydrogens is 488 g/mol. The van der Waals surface area contributed by atoms with Crippen molar-refractivity contribution in [1.82, 2.24) is 15.0 Å². The molecule has 35 heavy (non-hydrogen) atoms. The zero-order valence-electron chi connectivity index (χ0n) is 18.7. The van der Waals surface area contributed by atoms with Crippen molar-refractivity contribution in [2.45, 2.75) is 36.1 Å². The molecular formula is C23H22N6O4S2. The molecule has 3 aromatic rings. The number of sulfonamides is 1. The van der Waals surface area contributed by atoms with Gasteiger partial charge < -0.3 is 10.1 Å². The molecule has 1 heterocycles. The minimum Gasteiger partial charge on any atom is -0.429 e. The van der Waals surface area contributed by atoms with E-state index in [0.717, 1.165) is 21.3 Å². The highest BCUT2D eigenvalue weighted by Crippen LogP contribution is 2.34. The van der Waals surface area contributed by atoms with Crippen LogP contribution in [0.25, 0.3) is 21.3 Å². The Morgan fingerprint density at radius 3 is 2.49 bits per heavy atom. The number of amides is 1. The van der Waals surface area contributed by atoms with Crippen LogP contribution < -0.4 is 10.0 Å². The third-order valence-corrected chi connectivity index (χ3v) is 7.87. The van der Waals surface area contributed by atoms with Crippen LogP contribution in [0.4, 0.5) is 0 Å². The van der Waals surface area contributed by atoms with E-state index >= 15 is 0 Å². The van der Waals surface area contributed by atoms with E-state index in [1.54, 1.807) is 24.3 Å². The SMILES string of the molecule is CNS(=O)(=O)c1ccc(-c2ccc3nc(CC(=N)OC(=N)CC(=O)NC4(C#N)CC4)sc3c2)cc1. The van der Waals surface area contributed by atoms with Crippen LogP contribution in [-0.2, 0) is 26.0 Å². The van der Waals surface area contributed by atoms with Gasteiger partial charge in [-0.25, -0.2) is 18.1 Å². The Morgan fingerprint density at radius 1 is 1.17 bits per heavy atom. The molecule has 1 aliphatic carbocycles. The van der Waals surface area contributed by atoms with Crippen LogP contribution in [0.2, 0.25) is 0 Å². The quantitative estimate of drug-likeness (QED) is 0.268. The fraction of sp³-hybridized carbons (Fsp3) is 0.261. The topological polar surface area (TPSA) is 169 Å². The summed E-state index contributed by atoms with van der Waals surface area (Å²) < 4.78 is 32.2. The molecule has 1 saturated carbocycles. The van der Waals surface area contributed by atoms with E-state index in [9.17, 15) is 13.2 Å². The van der Waals surface area contributed by atoms with E-state index in [0.29, 0.717) is 17.8 Å². The van der Waals surface area contributed by atoms with Crippen LogP contribution in [-0.4, -0.2) is 43.7 Å². The number of fused-ring (bicyclic) bond motifs is 1. The molecule has 0 radical (unpaired) electrons. The first-order chi connectivity index (χ1) is 16.6. The van der Waals surface area contributed by atoms with Gasteiger partial charge in [-0.2, -0.15) is 5.26 Å². The predicted octanol–water partition coefficient (Wildman–Crippen LogP) is 2.95. The third kappa shape index (κ3) is 5.71. The summed E-state index contributed by atoms with van der Waals surface area (Å²) in [5.41, 5.74) is 1.68. The van der Waals surface area contributed by atoms with Gasteiger partial charge in [-0.15, -0.1) is 11.3 Å². The zero-order valence-corrected chi connectivity index (χ0v) is 20.3. The second-order valence-corrected chi connectivity index (χ2v) is 11.1. The lowest BCUT2D eigenvalue weighted by Crippen LogP contribution is -2.37. The van der Waals surface area contributed by atoms with Crippen molar-refractivity contribution in [3.8, 4) is 17.2 Å². The van der Waals surface area contributed by atoms with Gasteiger partial charge in [-0.1, -0.05) is 18.2 Å². The van der Waals surface area contributed by atoms with Crippen LogP contribution >= 0.6 is 11.3 Å². The number of hydrogen-bond donors (Lipinski definition) is 4. The summed E-state index contributed by atoms with van der Waals surface area (Å²) in [6, 6.07) is 14.3. The monoisotopic (exact) mass is 510 g/mol. The zero-order chi connectivity index (χ0) is 25.2. The fourth-order valence-corrected chi connectivity index (χ4v) is 5.11. The number of rotatable bonds is 8. The van der Waals surface area contributed by atoms with Gasteiger partial charge in [0.1, 0.15) is 17.0 Å². The summed E-state index contributed by atoms with van der Waals surface area (Å²) >= 11 is 1.38. The Labute approximate surface area is 206 Å². The van der Waals surface area contributed by atoms with Crippen LogP contribution in [0.3, 0.4) is 0 Å². The van der Waals surface area contributed by atoms with E-state index in [1.807, 2.05) is 24.3 Å². The molecule has 0 bridgehead atoms. The summed E-state index contributed by atoms with van der Waals surface area (Å²) in [4.78, 5) is 16.6. The van der Waals surface area contributed by atoms with Crippen LogP contribution in [0, 0.1) is 22.1 Å². The number of aromatic nitrogens is 1. The Bertz CT molecular complexity index is 1470. The maximum atomic E-state index is 12.0. The normalized spacial score (nSPS) is 14.2. The largest absolute Gasteiger partial charge is 0.429 e. The number of hydrogen-bond acceptors (Lipinski definition) is 9. The summed E-state index contributed by atoms with van der Waals surface area (Å²) in [5.74, 6) is -1.05. The molecule has 0 atom stereocenters. The standard InChI is InChI=1S/C23H22N6O4S2/c1-27-35(31,32)16-5-2-14(3-6-16)15-4-7-17-18(10-15)34-22(28-17)12-20(26)33-19(25)11-21(30)29-23(13-24)8-9-23/h2-7,10,25-27H,8-9,11-12H2,1H3,(H,29,30). The minimum atomic E-state index is -3.50. The van der Waals surface area contributed by atoms with Crippen molar-refractivity contribution in [2.75, 3.05) is 7.05 Å².